The Labute approximate surface area is 212 Å². The molecule has 1 spiro atoms. The first-order chi connectivity index (χ1) is 17.7. The molecular weight excluding hydrogens is 485 g/mol. The Balaban J connectivity index is 1.45. The monoisotopic (exact) mass is 515 g/mol. The Hall–Kier alpha value is -3.67. The van der Waals surface area contributed by atoms with Gasteiger partial charge in [0.05, 0.1) is 23.3 Å². The summed E-state index contributed by atoms with van der Waals surface area (Å²) in [5.74, 6) is -0.840. The summed E-state index contributed by atoms with van der Waals surface area (Å²) in [6.45, 7) is 1.47. The molecule has 11 nitrogen and oxygen atoms in total. The molecule has 2 N–H and O–H groups in total. The highest BCUT2D eigenvalue weighted by atomic mass is 19.1. The number of rotatable bonds is 7. The summed E-state index contributed by atoms with van der Waals surface area (Å²) in [4.78, 5) is 50.5. The lowest BCUT2D eigenvalue weighted by Gasteiger charge is -2.39. The van der Waals surface area contributed by atoms with Crippen LogP contribution in [0.25, 0.3) is 0 Å². The van der Waals surface area contributed by atoms with Crippen LogP contribution in [0, 0.1) is 5.82 Å². The lowest BCUT2D eigenvalue weighted by Crippen LogP contribution is -2.50. The molecule has 2 aromatic rings. The molecule has 12 heteroatoms. The first-order valence-electron chi connectivity index (χ1n) is 12.3. The van der Waals surface area contributed by atoms with E-state index in [1.807, 2.05) is 16.8 Å². The normalized spacial score (nSPS) is 18.2. The number of carboxylic acid groups (broad SMARTS) is 1. The fraction of sp³-hybridized carbons (Fsp3) is 0.520. The van der Waals surface area contributed by atoms with Gasteiger partial charge in [-0.15, -0.1) is 0 Å². The van der Waals surface area contributed by atoms with Crippen molar-refractivity contribution < 1.29 is 28.6 Å². The van der Waals surface area contributed by atoms with Gasteiger partial charge in [-0.1, -0.05) is 0 Å². The van der Waals surface area contributed by atoms with E-state index in [1.165, 1.54) is 18.1 Å². The van der Waals surface area contributed by atoms with Crippen molar-refractivity contribution in [2.24, 2.45) is 0 Å². The number of hydrogen-bond acceptors (Lipinski definition) is 8. The molecule has 1 saturated heterocycles. The van der Waals surface area contributed by atoms with Crippen LogP contribution in [0.3, 0.4) is 0 Å². The second-order valence-corrected chi connectivity index (χ2v) is 9.72. The number of nitrogens with one attached hydrogen (secondary N) is 1. The van der Waals surface area contributed by atoms with E-state index in [0.29, 0.717) is 60.9 Å². The molecule has 0 atom stereocenters. The van der Waals surface area contributed by atoms with E-state index in [0.717, 1.165) is 19.0 Å². The number of aliphatic carboxylic acids is 1. The fourth-order valence-corrected chi connectivity index (χ4v) is 5.69. The number of anilines is 3. The molecule has 1 aromatic heterocycles. The average molecular weight is 516 g/mol. The van der Waals surface area contributed by atoms with Crippen LogP contribution in [0.2, 0.25) is 0 Å². The predicted octanol–water partition coefficient (Wildman–Crippen LogP) is 1.29. The van der Waals surface area contributed by atoms with Crippen molar-refractivity contribution in [2.45, 2.75) is 31.1 Å². The number of aromatic nitrogens is 2. The van der Waals surface area contributed by atoms with Gasteiger partial charge in [0.1, 0.15) is 17.4 Å². The van der Waals surface area contributed by atoms with Crippen molar-refractivity contribution in [1.29, 1.82) is 0 Å². The van der Waals surface area contributed by atoms with E-state index in [-0.39, 0.29) is 30.4 Å². The van der Waals surface area contributed by atoms with Crippen molar-refractivity contribution in [2.75, 3.05) is 68.2 Å². The molecule has 0 radical (unpaired) electrons. The van der Waals surface area contributed by atoms with Crippen LogP contribution in [0.4, 0.5) is 21.8 Å². The van der Waals surface area contributed by atoms with Gasteiger partial charge in [0.25, 0.3) is 5.56 Å². The highest BCUT2D eigenvalue weighted by Gasteiger charge is 2.54. The average Bonchev–Trinajstić information content (AvgIpc) is 3.09. The number of halogens is 1. The van der Waals surface area contributed by atoms with Gasteiger partial charge in [0.2, 0.25) is 11.9 Å². The number of aromatic amines is 1. The van der Waals surface area contributed by atoms with Gasteiger partial charge < -0.3 is 29.3 Å². The van der Waals surface area contributed by atoms with Gasteiger partial charge in [-0.25, -0.2) is 9.18 Å². The number of piperidine rings is 1. The number of amides is 1. The van der Waals surface area contributed by atoms with Crippen LogP contribution in [0.15, 0.2) is 16.9 Å². The molecule has 198 valence electrons. The molecule has 1 amide bonds. The van der Waals surface area contributed by atoms with Gasteiger partial charge in [0, 0.05) is 58.0 Å². The van der Waals surface area contributed by atoms with Crippen molar-refractivity contribution in [3.8, 4) is 5.75 Å². The molecule has 0 saturated carbocycles. The second-order valence-electron chi connectivity index (χ2n) is 9.72. The van der Waals surface area contributed by atoms with Gasteiger partial charge >= 0.3 is 5.97 Å². The smallest absolute Gasteiger partial charge is 0.341 e. The first-order valence-corrected chi connectivity index (χ1v) is 12.3. The predicted molar refractivity (Wildman–Crippen MR) is 133 cm³/mol. The molecule has 5 rings (SSSR count). The molecular formula is C25H30FN5O6. The van der Waals surface area contributed by atoms with Crippen molar-refractivity contribution in [3.63, 3.8) is 0 Å². The van der Waals surface area contributed by atoms with E-state index in [2.05, 4.69) is 4.98 Å². The minimum absolute atomic E-state index is 0.0447. The maximum absolute atomic E-state index is 15.6. The van der Waals surface area contributed by atoms with Crippen LogP contribution in [-0.4, -0.2) is 80.5 Å². The first kappa shape index (κ1) is 25.0. The molecule has 0 aliphatic carbocycles. The number of fused-ring (bicyclic) bond motifs is 3. The Morgan fingerprint density at radius 2 is 2.00 bits per heavy atom. The highest BCUT2D eigenvalue weighted by molar-refractivity contribution is 6.08. The number of carboxylic acids is 1. The van der Waals surface area contributed by atoms with Gasteiger partial charge in [0.15, 0.2) is 6.61 Å². The zero-order valence-corrected chi connectivity index (χ0v) is 20.9. The number of H-pyrrole nitrogens is 1. The summed E-state index contributed by atoms with van der Waals surface area (Å²) in [6.07, 6.45) is 2.23. The fourth-order valence-electron chi connectivity index (χ4n) is 5.69. The maximum atomic E-state index is 15.6. The van der Waals surface area contributed by atoms with E-state index >= 15 is 4.39 Å². The zero-order valence-electron chi connectivity index (χ0n) is 20.9. The Bertz CT molecular complexity index is 1290. The van der Waals surface area contributed by atoms with Crippen LogP contribution in [-0.2, 0) is 26.2 Å². The molecule has 3 aliphatic heterocycles. The zero-order chi connectivity index (χ0) is 26.3. The van der Waals surface area contributed by atoms with Gasteiger partial charge in [-0.05, 0) is 25.7 Å². The molecule has 37 heavy (non-hydrogen) atoms. The van der Waals surface area contributed by atoms with Crippen LogP contribution < -0.4 is 25.0 Å². The third kappa shape index (κ3) is 4.28. The lowest BCUT2D eigenvalue weighted by atomic mass is 9.73. The molecule has 0 unspecified atom stereocenters. The molecule has 0 bridgehead atoms. The molecule has 1 fully saturated rings. The van der Waals surface area contributed by atoms with E-state index in [4.69, 9.17) is 19.6 Å². The van der Waals surface area contributed by atoms with Crippen LogP contribution >= 0.6 is 0 Å². The number of benzene rings is 1. The Kier molecular flexibility index (Phi) is 6.52. The number of ether oxygens (including phenoxy) is 2. The number of hydrogen-bond donors (Lipinski definition) is 2. The highest BCUT2D eigenvalue weighted by Crippen LogP contribution is 2.50. The Morgan fingerprint density at radius 3 is 2.70 bits per heavy atom. The number of methoxy groups -OCH3 is 1. The summed E-state index contributed by atoms with van der Waals surface area (Å²) in [7, 11) is 3.44. The standard InChI is InChI=1S/C25H30FN5O6/c1-29-7-3-4-16-21(29)27-24(28-22(16)34)30-8-5-25(6-9-30)20-17(26)12-15(37-14-19(32)33)13-18(20)31(23(25)35)10-11-36-2/h12-13H,3-11,14H2,1-2H3,(H,32,33)(H,27,28,34). The maximum Gasteiger partial charge on any atom is 0.341 e. The number of nitrogens with zero attached hydrogens (tertiary/aromatic N) is 4. The molecule has 1 aromatic carbocycles. The molecule has 4 heterocycles. The summed E-state index contributed by atoms with van der Waals surface area (Å²) in [6, 6.07) is 2.66. The largest absolute Gasteiger partial charge is 0.482 e. The summed E-state index contributed by atoms with van der Waals surface area (Å²) < 4.78 is 25.9. The van der Waals surface area contributed by atoms with Gasteiger partial charge in [-0.3, -0.25) is 14.6 Å². The summed E-state index contributed by atoms with van der Waals surface area (Å²) in [5, 5.41) is 8.93. The molecule has 3 aliphatic rings. The van der Waals surface area contributed by atoms with Gasteiger partial charge in [-0.2, -0.15) is 4.98 Å². The van der Waals surface area contributed by atoms with Crippen molar-refractivity contribution in [3.05, 3.63) is 39.4 Å². The minimum atomic E-state index is -1.18. The number of carbonyl (C=O) groups is 2. The Morgan fingerprint density at radius 1 is 1.24 bits per heavy atom. The van der Waals surface area contributed by atoms with Crippen molar-refractivity contribution >= 4 is 29.3 Å². The summed E-state index contributed by atoms with van der Waals surface area (Å²) >= 11 is 0. The summed E-state index contributed by atoms with van der Waals surface area (Å²) in [5.41, 5.74) is 0.114. The van der Waals surface area contributed by atoms with E-state index in [1.54, 1.807) is 0 Å². The third-order valence-electron chi connectivity index (χ3n) is 7.53. The van der Waals surface area contributed by atoms with Crippen molar-refractivity contribution in [1.82, 2.24) is 9.97 Å². The second kappa shape index (κ2) is 9.66. The van der Waals surface area contributed by atoms with Crippen LogP contribution in [0.1, 0.15) is 30.4 Å². The number of carbonyl (C=O) groups excluding carboxylic acids is 1. The minimum Gasteiger partial charge on any atom is -0.482 e. The van der Waals surface area contributed by atoms with E-state index < -0.39 is 23.8 Å². The van der Waals surface area contributed by atoms with E-state index in [9.17, 15) is 14.4 Å². The quantitative estimate of drug-likeness (QED) is 0.560. The lowest BCUT2D eigenvalue weighted by molar-refractivity contribution is -0.139. The van der Waals surface area contributed by atoms with Crippen LogP contribution in [0.5, 0.6) is 5.75 Å². The third-order valence-corrected chi connectivity index (χ3v) is 7.53. The SMILES string of the molecule is COCCN1C(=O)C2(CCN(c3nc4c(c(=O)[nH]3)CCCN4C)CC2)c2c(F)cc(OCC(=O)O)cc21. The topological polar surface area (TPSA) is 128 Å².